The Morgan fingerprint density at radius 3 is 2.59 bits per heavy atom. The Morgan fingerprint density at radius 1 is 1.24 bits per heavy atom. The molecule has 0 spiro atoms. The van der Waals surface area contributed by atoms with Crippen molar-refractivity contribution in [2.24, 2.45) is 5.92 Å². The number of rotatable bonds is 8. The van der Waals surface area contributed by atoms with Crippen LogP contribution < -0.4 is 10.1 Å². The van der Waals surface area contributed by atoms with Crippen LogP contribution in [0.2, 0.25) is 0 Å². The van der Waals surface area contributed by atoms with Gasteiger partial charge in [0.2, 0.25) is 5.91 Å². The largest absolute Gasteiger partial charge is 0.494 e. The Hall–Kier alpha value is -2.99. The third kappa shape index (κ3) is 5.09. The van der Waals surface area contributed by atoms with Crippen LogP contribution in [0, 0.1) is 17.2 Å². The van der Waals surface area contributed by atoms with E-state index >= 15 is 0 Å². The van der Waals surface area contributed by atoms with E-state index in [9.17, 15) is 19.6 Å². The first kappa shape index (κ1) is 22.3. The standard InChI is InChI=1S/C20H22N2O6S/c1-4-27-14-9-7-6-8-12(14)16-13(10-21)19(29-11-15(23)26-3)22-18(24)17(16)20(25)28-5-2/h6-9,16-17H,4-5,11H2,1-3H3,(H,22,24)/t16-,17-/m1/s1. The molecule has 1 aromatic rings. The van der Waals surface area contributed by atoms with E-state index in [1.165, 1.54) is 7.11 Å². The van der Waals surface area contributed by atoms with E-state index in [0.29, 0.717) is 17.9 Å². The third-order valence-corrected chi connectivity index (χ3v) is 5.18. The number of thioether (sulfide) groups is 1. The van der Waals surface area contributed by atoms with Crippen LogP contribution in [0.3, 0.4) is 0 Å². The molecule has 8 nitrogen and oxygen atoms in total. The molecule has 1 aromatic carbocycles. The molecule has 1 aliphatic rings. The zero-order valence-electron chi connectivity index (χ0n) is 16.4. The monoisotopic (exact) mass is 418 g/mol. The minimum absolute atomic E-state index is 0.0952. The van der Waals surface area contributed by atoms with Crippen LogP contribution in [0.25, 0.3) is 0 Å². The number of methoxy groups -OCH3 is 1. The molecule has 0 fully saturated rings. The van der Waals surface area contributed by atoms with Crippen molar-refractivity contribution in [3.8, 4) is 11.8 Å². The Balaban J connectivity index is 2.61. The van der Waals surface area contributed by atoms with Gasteiger partial charge in [-0.15, -0.1) is 0 Å². The highest BCUT2D eigenvalue weighted by molar-refractivity contribution is 8.03. The summed E-state index contributed by atoms with van der Waals surface area (Å²) in [4.78, 5) is 37.0. The molecule has 0 bridgehead atoms. The van der Waals surface area contributed by atoms with Gasteiger partial charge in [0.25, 0.3) is 0 Å². The lowest BCUT2D eigenvalue weighted by Crippen LogP contribution is -2.44. The zero-order valence-corrected chi connectivity index (χ0v) is 17.2. The second kappa shape index (κ2) is 10.5. The predicted molar refractivity (Wildman–Crippen MR) is 106 cm³/mol. The van der Waals surface area contributed by atoms with E-state index in [1.807, 2.05) is 6.92 Å². The normalized spacial score (nSPS) is 18.5. The summed E-state index contributed by atoms with van der Waals surface area (Å²) in [5.41, 5.74) is 0.679. The van der Waals surface area contributed by atoms with Crippen molar-refractivity contribution in [3.63, 3.8) is 0 Å². The minimum atomic E-state index is -1.26. The number of carbonyl (C=O) groups is 3. The second-order valence-electron chi connectivity index (χ2n) is 5.89. The lowest BCUT2D eigenvalue weighted by molar-refractivity contribution is -0.153. The summed E-state index contributed by atoms with van der Waals surface area (Å²) >= 11 is 0.969. The molecule has 29 heavy (non-hydrogen) atoms. The average Bonchev–Trinajstić information content (AvgIpc) is 2.72. The Kier molecular flexibility index (Phi) is 8.09. The molecular formula is C20H22N2O6S. The molecular weight excluding hydrogens is 396 g/mol. The van der Waals surface area contributed by atoms with E-state index in [-0.39, 0.29) is 23.0 Å². The third-order valence-electron chi connectivity index (χ3n) is 4.19. The molecule has 0 aliphatic carbocycles. The highest BCUT2D eigenvalue weighted by atomic mass is 32.2. The fraction of sp³-hybridized carbons (Fsp3) is 0.400. The maximum atomic E-state index is 12.8. The highest BCUT2D eigenvalue weighted by Crippen LogP contribution is 2.43. The van der Waals surface area contributed by atoms with Crippen LogP contribution in [0.15, 0.2) is 34.9 Å². The van der Waals surface area contributed by atoms with Crippen LogP contribution in [-0.2, 0) is 23.9 Å². The van der Waals surface area contributed by atoms with E-state index in [2.05, 4.69) is 16.1 Å². The van der Waals surface area contributed by atoms with Crippen molar-refractivity contribution in [3.05, 3.63) is 40.4 Å². The quantitative estimate of drug-likeness (QED) is 0.504. The van der Waals surface area contributed by atoms with Gasteiger partial charge < -0.3 is 19.5 Å². The number of benzene rings is 1. The first-order valence-electron chi connectivity index (χ1n) is 9.01. The van der Waals surface area contributed by atoms with Gasteiger partial charge in [-0.25, -0.2) is 0 Å². The van der Waals surface area contributed by atoms with Gasteiger partial charge in [0, 0.05) is 11.5 Å². The molecule has 1 aliphatic heterocycles. The second-order valence-corrected chi connectivity index (χ2v) is 6.87. The van der Waals surface area contributed by atoms with Crippen LogP contribution in [-0.4, -0.2) is 43.9 Å². The summed E-state index contributed by atoms with van der Waals surface area (Å²) in [5.74, 6) is -3.63. The molecule has 0 radical (unpaired) electrons. The number of hydrogen-bond acceptors (Lipinski definition) is 8. The zero-order chi connectivity index (χ0) is 21.4. The van der Waals surface area contributed by atoms with Crippen molar-refractivity contribution >= 4 is 29.6 Å². The molecule has 0 aromatic heterocycles. The van der Waals surface area contributed by atoms with Gasteiger partial charge in [-0.1, -0.05) is 30.0 Å². The lowest BCUT2D eigenvalue weighted by Gasteiger charge is -2.31. The van der Waals surface area contributed by atoms with Crippen LogP contribution in [0.4, 0.5) is 0 Å². The number of nitrogens with one attached hydrogen (secondary N) is 1. The number of carbonyl (C=O) groups excluding carboxylic acids is 3. The summed E-state index contributed by atoms with van der Waals surface area (Å²) in [6.45, 7) is 3.92. The van der Waals surface area contributed by atoms with Crippen molar-refractivity contribution < 1.29 is 28.6 Å². The maximum absolute atomic E-state index is 12.8. The number of allylic oxidation sites excluding steroid dienone is 1. The summed E-state index contributed by atoms with van der Waals surface area (Å²) in [6, 6.07) is 9.01. The number of nitrogens with zero attached hydrogens (tertiary/aromatic N) is 1. The van der Waals surface area contributed by atoms with Gasteiger partial charge in [-0.05, 0) is 19.9 Å². The predicted octanol–water partition coefficient (Wildman–Crippen LogP) is 2.12. The Bertz CT molecular complexity index is 861. The molecule has 1 N–H and O–H groups in total. The molecule has 1 amide bonds. The number of nitriles is 1. The van der Waals surface area contributed by atoms with Crippen molar-refractivity contribution in [1.82, 2.24) is 5.32 Å². The van der Waals surface area contributed by atoms with Gasteiger partial charge in [0.15, 0.2) is 0 Å². The van der Waals surface area contributed by atoms with Gasteiger partial charge in [-0.3, -0.25) is 14.4 Å². The fourth-order valence-electron chi connectivity index (χ4n) is 2.98. The van der Waals surface area contributed by atoms with Crippen LogP contribution in [0.5, 0.6) is 5.75 Å². The summed E-state index contributed by atoms with van der Waals surface area (Å²) < 4.78 is 15.4. The SMILES string of the molecule is CCOC(=O)[C@H]1C(=O)NC(SCC(=O)OC)=C(C#N)[C@H]1c1ccccc1OCC. The number of esters is 2. The highest BCUT2D eigenvalue weighted by Gasteiger charge is 2.45. The van der Waals surface area contributed by atoms with E-state index < -0.39 is 29.7 Å². The summed E-state index contributed by atoms with van der Waals surface area (Å²) in [6.07, 6.45) is 0. The minimum Gasteiger partial charge on any atom is -0.494 e. The first-order chi connectivity index (χ1) is 14.0. The van der Waals surface area contributed by atoms with Gasteiger partial charge >= 0.3 is 11.9 Å². The van der Waals surface area contributed by atoms with Gasteiger partial charge in [0.1, 0.15) is 11.7 Å². The number of para-hydroxylation sites is 1. The van der Waals surface area contributed by atoms with Gasteiger partial charge in [-0.2, -0.15) is 5.26 Å². The average molecular weight is 418 g/mol. The molecule has 9 heteroatoms. The number of ether oxygens (including phenoxy) is 3. The molecule has 0 saturated heterocycles. The van der Waals surface area contributed by atoms with E-state index in [1.54, 1.807) is 31.2 Å². The molecule has 1 heterocycles. The number of hydrogen-bond donors (Lipinski definition) is 1. The lowest BCUT2D eigenvalue weighted by atomic mass is 9.78. The summed E-state index contributed by atoms with van der Waals surface area (Å²) in [5, 5.41) is 12.6. The van der Waals surface area contributed by atoms with Crippen molar-refractivity contribution in [2.75, 3.05) is 26.1 Å². The van der Waals surface area contributed by atoms with Gasteiger partial charge in [0.05, 0.1) is 42.7 Å². The summed E-state index contributed by atoms with van der Waals surface area (Å²) in [7, 11) is 1.25. The molecule has 0 saturated carbocycles. The first-order valence-corrected chi connectivity index (χ1v) is 10.00. The van der Waals surface area contributed by atoms with E-state index in [0.717, 1.165) is 11.8 Å². The maximum Gasteiger partial charge on any atom is 0.319 e. The molecule has 0 unspecified atom stereocenters. The fourth-order valence-corrected chi connectivity index (χ4v) is 3.86. The number of amides is 1. The van der Waals surface area contributed by atoms with Crippen molar-refractivity contribution in [2.45, 2.75) is 19.8 Å². The topological polar surface area (TPSA) is 115 Å². The smallest absolute Gasteiger partial charge is 0.319 e. The Labute approximate surface area is 173 Å². The van der Waals surface area contributed by atoms with Crippen LogP contribution >= 0.6 is 11.8 Å². The molecule has 2 rings (SSSR count). The van der Waals surface area contributed by atoms with E-state index in [4.69, 9.17) is 9.47 Å². The Morgan fingerprint density at radius 2 is 1.97 bits per heavy atom. The molecule has 154 valence electrons. The molecule has 2 atom stereocenters. The van der Waals surface area contributed by atoms with Crippen molar-refractivity contribution in [1.29, 1.82) is 5.26 Å². The van der Waals surface area contributed by atoms with Crippen LogP contribution in [0.1, 0.15) is 25.3 Å².